The van der Waals surface area contributed by atoms with Gasteiger partial charge < -0.3 is 4.90 Å². The van der Waals surface area contributed by atoms with Crippen LogP contribution in [0.4, 0.5) is 5.69 Å². The molecule has 0 saturated heterocycles. The van der Waals surface area contributed by atoms with Crippen molar-refractivity contribution >= 4 is 5.69 Å². The topological polar surface area (TPSA) is 27.0 Å². The van der Waals surface area contributed by atoms with Crippen molar-refractivity contribution in [1.82, 2.24) is 0 Å². The smallest absolute Gasteiger partial charge is 0.0684 e. The van der Waals surface area contributed by atoms with Crippen molar-refractivity contribution in [3.63, 3.8) is 0 Å². The molecule has 0 bridgehead atoms. The molecule has 18 heavy (non-hydrogen) atoms. The van der Waals surface area contributed by atoms with Gasteiger partial charge in [0.25, 0.3) is 0 Å². The van der Waals surface area contributed by atoms with E-state index in [-0.39, 0.29) is 5.41 Å². The van der Waals surface area contributed by atoms with E-state index in [1.165, 1.54) is 18.5 Å². The maximum Gasteiger partial charge on any atom is 0.0684 e. The van der Waals surface area contributed by atoms with Gasteiger partial charge in [0, 0.05) is 18.8 Å². The van der Waals surface area contributed by atoms with Gasteiger partial charge in [-0.3, -0.25) is 0 Å². The molecule has 0 aromatic heterocycles. The van der Waals surface area contributed by atoms with Gasteiger partial charge in [-0.2, -0.15) is 5.26 Å². The molecule has 0 amide bonds. The second-order valence-corrected chi connectivity index (χ2v) is 5.42. The van der Waals surface area contributed by atoms with Crippen molar-refractivity contribution < 1.29 is 0 Å². The second kappa shape index (κ2) is 7.06. The molecule has 0 aliphatic carbocycles. The number of hydrogen-bond acceptors (Lipinski definition) is 2. The molecule has 0 atom stereocenters. The van der Waals surface area contributed by atoms with E-state index in [0.29, 0.717) is 0 Å². The van der Waals surface area contributed by atoms with Crippen molar-refractivity contribution in [3.05, 3.63) is 30.3 Å². The molecule has 0 spiro atoms. The summed E-state index contributed by atoms with van der Waals surface area (Å²) in [4.78, 5) is 2.39. The molecule has 0 N–H and O–H groups in total. The Morgan fingerprint density at radius 3 is 2.39 bits per heavy atom. The summed E-state index contributed by atoms with van der Waals surface area (Å²) in [5, 5.41) is 9.09. The zero-order chi connectivity index (χ0) is 13.4. The van der Waals surface area contributed by atoms with Crippen molar-refractivity contribution in [2.45, 2.75) is 40.0 Å². The van der Waals surface area contributed by atoms with E-state index in [4.69, 9.17) is 5.26 Å². The van der Waals surface area contributed by atoms with E-state index in [0.717, 1.165) is 19.5 Å². The lowest BCUT2D eigenvalue weighted by Gasteiger charge is -2.27. The predicted molar refractivity (Wildman–Crippen MR) is 77.6 cm³/mol. The number of para-hydroxylation sites is 1. The molecular formula is C16H24N2. The minimum absolute atomic E-state index is 0.237. The van der Waals surface area contributed by atoms with Crippen molar-refractivity contribution in [2.24, 2.45) is 5.41 Å². The third-order valence-electron chi connectivity index (χ3n) is 3.21. The van der Waals surface area contributed by atoms with Crippen LogP contribution in [0, 0.1) is 16.7 Å². The molecule has 1 aromatic carbocycles. The molecule has 0 heterocycles. The largest absolute Gasteiger partial charge is 0.371 e. The van der Waals surface area contributed by atoms with Gasteiger partial charge >= 0.3 is 0 Å². The van der Waals surface area contributed by atoms with Crippen LogP contribution in [-0.4, -0.2) is 13.1 Å². The molecule has 2 nitrogen and oxygen atoms in total. The molecule has 0 aliphatic heterocycles. The van der Waals surface area contributed by atoms with E-state index in [9.17, 15) is 0 Å². The van der Waals surface area contributed by atoms with Crippen LogP contribution < -0.4 is 4.90 Å². The minimum atomic E-state index is -0.237. The Bertz CT molecular complexity index is 376. The van der Waals surface area contributed by atoms with Crippen LogP contribution in [-0.2, 0) is 0 Å². The van der Waals surface area contributed by atoms with Crippen LogP contribution in [0.15, 0.2) is 30.3 Å². The Hall–Kier alpha value is -1.49. The average Bonchev–Trinajstić information content (AvgIpc) is 2.40. The first-order valence-electron chi connectivity index (χ1n) is 6.80. The SMILES string of the molecule is CCCCN(CCC(C)(C)C#N)c1ccccc1. The molecule has 0 fully saturated rings. The molecule has 1 aromatic rings. The third-order valence-corrected chi connectivity index (χ3v) is 3.21. The second-order valence-electron chi connectivity index (χ2n) is 5.42. The number of anilines is 1. The summed E-state index contributed by atoms with van der Waals surface area (Å²) in [6, 6.07) is 12.9. The van der Waals surface area contributed by atoms with Crippen LogP contribution >= 0.6 is 0 Å². The summed E-state index contributed by atoms with van der Waals surface area (Å²) >= 11 is 0. The van der Waals surface area contributed by atoms with Crippen LogP contribution in [0.25, 0.3) is 0 Å². The fourth-order valence-corrected chi connectivity index (χ4v) is 1.83. The summed E-state index contributed by atoms with van der Waals surface area (Å²) < 4.78 is 0. The van der Waals surface area contributed by atoms with E-state index in [2.05, 4.69) is 42.2 Å². The predicted octanol–water partition coefficient (Wildman–Crippen LogP) is 4.23. The Kier molecular flexibility index (Phi) is 5.71. The highest BCUT2D eigenvalue weighted by Gasteiger charge is 2.18. The highest BCUT2D eigenvalue weighted by Crippen LogP contribution is 2.22. The third kappa shape index (κ3) is 4.79. The first-order valence-corrected chi connectivity index (χ1v) is 6.80. The number of nitrogens with zero attached hydrogens (tertiary/aromatic N) is 2. The van der Waals surface area contributed by atoms with Gasteiger partial charge in [0.15, 0.2) is 0 Å². The lowest BCUT2D eigenvalue weighted by molar-refractivity contribution is 0.449. The van der Waals surface area contributed by atoms with Crippen LogP contribution in [0.5, 0.6) is 0 Å². The quantitative estimate of drug-likeness (QED) is 0.717. The van der Waals surface area contributed by atoms with E-state index >= 15 is 0 Å². The standard InChI is InChI=1S/C16H24N2/c1-4-5-12-18(13-11-16(2,3)14-17)15-9-7-6-8-10-15/h6-10H,4-5,11-13H2,1-3H3. The normalized spacial score (nSPS) is 11.0. The Morgan fingerprint density at radius 2 is 1.83 bits per heavy atom. The molecule has 98 valence electrons. The zero-order valence-electron chi connectivity index (χ0n) is 11.8. The van der Waals surface area contributed by atoms with Crippen molar-refractivity contribution in [1.29, 1.82) is 5.26 Å². The van der Waals surface area contributed by atoms with Gasteiger partial charge in [0.1, 0.15) is 0 Å². The van der Waals surface area contributed by atoms with Crippen LogP contribution in [0.3, 0.4) is 0 Å². The number of hydrogen-bond donors (Lipinski definition) is 0. The summed E-state index contributed by atoms with van der Waals surface area (Å²) in [5.41, 5.74) is 1.03. The van der Waals surface area contributed by atoms with Gasteiger partial charge in [-0.1, -0.05) is 31.5 Å². The van der Waals surface area contributed by atoms with Gasteiger partial charge in [-0.15, -0.1) is 0 Å². The summed E-state index contributed by atoms with van der Waals surface area (Å²) in [6.07, 6.45) is 3.30. The lowest BCUT2D eigenvalue weighted by Crippen LogP contribution is -2.28. The highest BCUT2D eigenvalue weighted by atomic mass is 15.1. The van der Waals surface area contributed by atoms with E-state index in [1.54, 1.807) is 0 Å². The van der Waals surface area contributed by atoms with Gasteiger partial charge in [0.2, 0.25) is 0 Å². The fraction of sp³-hybridized carbons (Fsp3) is 0.562. The fourth-order valence-electron chi connectivity index (χ4n) is 1.83. The maximum atomic E-state index is 9.09. The highest BCUT2D eigenvalue weighted by molar-refractivity contribution is 5.45. The average molecular weight is 244 g/mol. The van der Waals surface area contributed by atoms with E-state index < -0.39 is 0 Å². The molecular weight excluding hydrogens is 220 g/mol. The number of nitriles is 1. The first-order chi connectivity index (χ1) is 8.59. The Labute approximate surface area is 111 Å². The van der Waals surface area contributed by atoms with E-state index in [1.807, 2.05) is 19.9 Å². The van der Waals surface area contributed by atoms with Crippen LogP contribution in [0.2, 0.25) is 0 Å². The maximum absolute atomic E-state index is 9.09. The summed E-state index contributed by atoms with van der Waals surface area (Å²) in [6.45, 7) is 8.25. The lowest BCUT2D eigenvalue weighted by atomic mass is 9.91. The monoisotopic (exact) mass is 244 g/mol. The summed E-state index contributed by atoms with van der Waals surface area (Å²) in [7, 11) is 0. The van der Waals surface area contributed by atoms with Gasteiger partial charge in [-0.05, 0) is 38.8 Å². The Morgan fingerprint density at radius 1 is 1.17 bits per heavy atom. The van der Waals surface area contributed by atoms with Crippen LogP contribution in [0.1, 0.15) is 40.0 Å². The Balaban J connectivity index is 2.65. The molecule has 2 heteroatoms. The zero-order valence-corrected chi connectivity index (χ0v) is 11.8. The molecule has 0 radical (unpaired) electrons. The number of benzene rings is 1. The molecule has 1 rings (SSSR count). The molecule has 0 aliphatic rings. The molecule has 0 saturated carbocycles. The number of rotatable bonds is 7. The number of unbranched alkanes of at least 4 members (excludes halogenated alkanes) is 1. The summed E-state index contributed by atoms with van der Waals surface area (Å²) in [5.74, 6) is 0. The van der Waals surface area contributed by atoms with Crippen molar-refractivity contribution in [3.8, 4) is 6.07 Å². The first kappa shape index (κ1) is 14.6. The van der Waals surface area contributed by atoms with Crippen molar-refractivity contribution in [2.75, 3.05) is 18.0 Å². The van der Waals surface area contributed by atoms with Gasteiger partial charge in [0.05, 0.1) is 11.5 Å². The minimum Gasteiger partial charge on any atom is -0.371 e. The molecule has 0 unspecified atom stereocenters. The van der Waals surface area contributed by atoms with Gasteiger partial charge in [-0.25, -0.2) is 0 Å².